The van der Waals surface area contributed by atoms with Crippen LogP contribution in [0.15, 0.2) is 12.2 Å². The van der Waals surface area contributed by atoms with Crippen LogP contribution in [0.25, 0.3) is 0 Å². The van der Waals surface area contributed by atoms with Crippen LogP contribution in [0.5, 0.6) is 0 Å². The third kappa shape index (κ3) is 4.42. The lowest BCUT2D eigenvalue weighted by Crippen LogP contribution is -2.26. The first-order chi connectivity index (χ1) is 8.37. The van der Waals surface area contributed by atoms with Crippen LogP contribution in [-0.2, 0) is 9.53 Å². The van der Waals surface area contributed by atoms with Crippen LogP contribution in [0.3, 0.4) is 0 Å². The average Bonchev–Trinajstić information content (AvgIpc) is 2.74. The summed E-state index contributed by atoms with van der Waals surface area (Å²) in [5.74, 6) is -1.14. The summed E-state index contributed by atoms with van der Waals surface area (Å²) >= 11 is 5.29. The number of hydrogen-bond donors (Lipinski definition) is 0. The maximum Gasteiger partial charge on any atom is 0.412 e. The largest absolute Gasteiger partial charge is 0.412 e. The molecule has 0 unspecified atom stereocenters. The molecule has 1 fully saturated rings. The van der Waals surface area contributed by atoms with Gasteiger partial charge in [0, 0.05) is 12.0 Å². The zero-order valence-corrected chi connectivity index (χ0v) is 10.9. The molecule has 0 aromatic heterocycles. The number of carbonyl (C=O) groups is 1. The van der Waals surface area contributed by atoms with Crippen LogP contribution in [0.2, 0.25) is 0 Å². The highest BCUT2D eigenvalue weighted by molar-refractivity contribution is 6.64. The highest BCUT2D eigenvalue weighted by Crippen LogP contribution is 2.60. The van der Waals surface area contributed by atoms with Gasteiger partial charge < -0.3 is 4.74 Å². The molecule has 0 aliphatic heterocycles. The molecule has 1 saturated carbocycles. The van der Waals surface area contributed by atoms with Crippen LogP contribution in [0, 0.1) is 17.3 Å². The van der Waals surface area contributed by atoms with E-state index in [1.54, 1.807) is 13.8 Å². The van der Waals surface area contributed by atoms with E-state index in [1.165, 1.54) is 0 Å². The van der Waals surface area contributed by atoms with Crippen molar-refractivity contribution in [2.24, 2.45) is 17.3 Å². The van der Waals surface area contributed by atoms with E-state index < -0.39 is 41.4 Å². The summed E-state index contributed by atoms with van der Waals surface area (Å²) in [7, 11) is 0. The molecule has 0 radical (unpaired) electrons. The standard InChI is InChI=1S/C11H12ClF5O2/c1-9(2)6(7(9)8(12)18)3-4-11(16,17)19-5-10(13,14)15/h3-4,6-7H,5H2,1-2H3/b4-3-/t6-,7+/m1/s1. The number of rotatable bonds is 5. The predicted octanol–water partition coefficient (Wildman–Crippen LogP) is 3.75. The van der Waals surface area contributed by atoms with Crippen molar-refractivity contribution < 1.29 is 31.5 Å². The minimum Gasteiger partial charge on any atom is -0.307 e. The Morgan fingerprint density at radius 1 is 1.32 bits per heavy atom. The second-order valence-corrected chi connectivity index (χ2v) is 5.33. The van der Waals surface area contributed by atoms with E-state index in [4.69, 9.17) is 11.6 Å². The Morgan fingerprint density at radius 3 is 2.21 bits per heavy atom. The van der Waals surface area contributed by atoms with E-state index in [1.807, 2.05) is 0 Å². The van der Waals surface area contributed by atoms with Crippen molar-refractivity contribution in [3.8, 4) is 0 Å². The lowest BCUT2D eigenvalue weighted by Gasteiger charge is -2.14. The molecule has 2 nitrogen and oxygen atoms in total. The van der Waals surface area contributed by atoms with Crippen molar-refractivity contribution in [1.29, 1.82) is 0 Å². The molecule has 8 heteroatoms. The van der Waals surface area contributed by atoms with Gasteiger partial charge in [-0.3, -0.25) is 4.79 Å². The number of alkyl halides is 5. The molecule has 19 heavy (non-hydrogen) atoms. The number of ether oxygens (including phenoxy) is 1. The second kappa shape index (κ2) is 5.01. The molecular weight excluding hydrogens is 295 g/mol. The minimum absolute atomic E-state index is 0.227. The first kappa shape index (κ1) is 16.4. The van der Waals surface area contributed by atoms with Crippen LogP contribution in [-0.4, -0.2) is 24.1 Å². The van der Waals surface area contributed by atoms with Crippen molar-refractivity contribution in [2.45, 2.75) is 26.1 Å². The van der Waals surface area contributed by atoms with E-state index in [0.29, 0.717) is 0 Å². The smallest absolute Gasteiger partial charge is 0.307 e. The zero-order valence-electron chi connectivity index (χ0n) is 10.1. The molecule has 0 N–H and O–H groups in total. The number of halogens is 6. The maximum absolute atomic E-state index is 13.0. The Kier molecular flexibility index (Phi) is 4.32. The van der Waals surface area contributed by atoms with Gasteiger partial charge in [-0.15, -0.1) is 0 Å². The molecule has 0 amide bonds. The van der Waals surface area contributed by atoms with Gasteiger partial charge in [-0.25, -0.2) is 0 Å². The van der Waals surface area contributed by atoms with Crippen LogP contribution in [0.1, 0.15) is 13.8 Å². The number of carbonyl (C=O) groups excluding carboxylic acids is 1. The lowest BCUT2D eigenvalue weighted by molar-refractivity contribution is -0.264. The third-order valence-corrected chi connectivity index (χ3v) is 3.32. The van der Waals surface area contributed by atoms with E-state index >= 15 is 0 Å². The third-order valence-electron chi connectivity index (χ3n) is 3.08. The fourth-order valence-corrected chi connectivity index (χ4v) is 2.33. The molecular formula is C11H12ClF5O2. The molecule has 0 heterocycles. The van der Waals surface area contributed by atoms with Crippen molar-refractivity contribution in [3.05, 3.63) is 12.2 Å². The number of allylic oxidation sites excluding steroid dienone is 1. The fraction of sp³-hybridized carbons (Fsp3) is 0.727. The summed E-state index contributed by atoms with van der Waals surface area (Å²) in [4.78, 5) is 11.0. The molecule has 0 aromatic carbocycles. The minimum atomic E-state index is -4.83. The van der Waals surface area contributed by atoms with E-state index in [9.17, 15) is 26.7 Å². The Balaban J connectivity index is 2.59. The molecule has 1 aliphatic carbocycles. The summed E-state index contributed by atoms with van der Waals surface area (Å²) in [6.07, 6.45) is -7.66. The van der Waals surface area contributed by atoms with Gasteiger partial charge in [-0.05, 0) is 22.9 Å². The average molecular weight is 307 g/mol. The maximum atomic E-state index is 13.0. The first-order valence-electron chi connectivity index (χ1n) is 5.34. The van der Waals surface area contributed by atoms with Gasteiger partial charge in [-0.1, -0.05) is 19.9 Å². The molecule has 1 rings (SSSR count). The molecule has 1 aliphatic rings. The van der Waals surface area contributed by atoms with Gasteiger partial charge in [0.25, 0.3) is 0 Å². The van der Waals surface area contributed by atoms with Gasteiger partial charge >= 0.3 is 12.3 Å². The Labute approximate surface area is 111 Å². The van der Waals surface area contributed by atoms with Gasteiger partial charge in [0.05, 0.1) is 0 Å². The van der Waals surface area contributed by atoms with Crippen molar-refractivity contribution in [3.63, 3.8) is 0 Å². The highest BCUT2D eigenvalue weighted by atomic mass is 35.5. The van der Waals surface area contributed by atoms with Gasteiger partial charge in [0.1, 0.15) is 6.61 Å². The van der Waals surface area contributed by atoms with E-state index in [-0.39, 0.29) is 6.08 Å². The Morgan fingerprint density at radius 2 is 1.84 bits per heavy atom. The normalized spacial score (nSPS) is 26.7. The highest BCUT2D eigenvalue weighted by Gasteiger charge is 2.60. The van der Waals surface area contributed by atoms with Crippen LogP contribution >= 0.6 is 11.6 Å². The van der Waals surface area contributed by atoms with Crippen LogP contribution in [0.4, 0.5) is 22.0 Å². The van der Waals surface area contributed by atoms with Crippen molar-refractivity contribution in [1.82, 2.24) is 0 Å². The SMILES string of the molecule is CC1(C)[C@H](/C=C\C(F)(F)OCC(F)(F)F)[C@H]1C(=O)Cl. The van der Waals surface area contributed by atoms with Crippen LogP contribution < -0.4 is 0 Å². The van der Waals surface area contributed by atoms with E-state index in [0.717, 1.165) is 6.08 Å². The topological polar surface area (TPSA) is 26.3 Å². The number of hydrogen-bond acceptors (Lipinski definition) is 2. The Bertz CT molecular complexity index is 389. The summed E-state index contributed by atoms with van der Waals surface area (Å²) in [5, 5.41) is -0.654. The van der Waals surface area contributed by atoms with Gasteiger partial charge in [0.15, 0.2) is 0 Å². The van der Waals surface area contributed by atoms with E-state index in [2.05, 4.69) is 4.74 Å². The van der Waals surface area contributed by atoms with Gasteiger partial charge in [-0.2, -0.15) is 22.0 Å². The molecule has 0 aromatic rings. The molecule has 110 valence electrons. The second-order valence-electron chi connectivity index (χ2n) is 4.95. The summed E-state index contributed by atoms with van der Waals surface area (Å²) in [6.45, 7) is 1.26. The van der Waals surface area contributed by atoms with Crippen molar-refractivity contribution >= 4 is 16.8 Å². The van der Waals surface area contributed by atoms with Gasteiger partial charge in [0.2, 0.25) is 5.24 Å². The first-order valence-corrected chi connectivity index (χ1v) is 5.72. The quantitative estimate of drug-likeness (QED) is 0.439. The molecule has 0 spiro atoms. The molecule has 0 bridgehead atoms. The predicted molar refractivity (Wildman–Crippen MR) is 57.7 cm³/mol. The Hall–Kier alpha value is -0.690. The summed E-state index contributed by atoms with van der Waals surface area (Å²) < 4.78 is 64.7. The monoisotopic (exact) mass is 306 g/mol. The lowest BCUT2D eigenvalue weighted by atomic mass is 10.1. The molecule has 0 saturated heterocycles. The molecule has 2 atom stereocenters. The summed E-state index contributed by atoms with van der Waals surface area (Å²) in [6, 6.07) is 0. The summed E-state index contributed by atoms with van der Waals surface area (Å²) in [5.41, 5.74) is -0.574. The van der Waals surface area contributed by atoms with Crippen molar-refractivity contribution in [2.75, 3.05) is 6.61 Å². The zero-order chi connectivity index (χ0) is 15.1. The fourth-order valence-electron chi connectivity index (χ4n) is 1.91.